The van der Waals surface area contributed by atoms with Crippen LogP contribution in [-0.4, -0.2) is 28.2 Å². The second-order valence-electron chi connectivity index (χ2n) is 5.00. The van der Waals surface area contributed by atoms with Crippen molar-refractivity contribution in [3.05, 3.63) is 0 Å². The molecule has 5 N–H and O–H groups in total. The summed E-state index contributed by atoms with van der Waals surface area (Å²) >= 11 is 0. The van der Waals surface area contributed by atoms with Crippen LogP contribution in [0.25, 0.3) is 0 Å². The van der Waals surface area contributed by atoms with Crippen molar-refractivity contribution in [1.29, 1.82) is 0 Å². The Morgan fingerprint density at radius 2 is 1.81 bits per heavy atom. The number of amides is 2. The first-order chi connectivity index (χ1) is 7.14. The van der Waals surface area contributed by atoms with Gasteiger partial charge in [0.2, 0.25) is 0 Å². The van der Waals surface area contributed by atoms with Crippen molar-refractivity contribution in [2.24, 2.45) is 10.9 Å². The predicted octanol–water partition coefficient (Wildman–Crippen LogP) is 0.999. The number of nitrogens with zero attached hydrogens (tertiary/aromatic N) is 1. The summed E-state index contributed by atoms with van der Waals surface area (Å²) in [6.45, 7) is 9.16. The van der Waals surface area contributed by atoms with E-state index in [1.807, 2.05) is 27.7 Å². The maximum Gasteiger partial charge on any atom is 0.315 e. The second kappa shape index (κ2) is 5.05. The van der Waals surface area contributed by atoms with Crippen LogP contribution in [0.3, 0.4) is 0 Å². The van der Waals surface area contributed by atoms with E-state index in [0.29, 0.717) is 6.42 Å². The molecule has 0 aliphatic rings. The lowest BCUT2D eigenvalue weighted by atomic mass is 9.98. The van der Waals surface area contributed by atoms with Crippen molar-refractivity contribution in [3.8, 4) is 0 Å². The Morgan fingerprint density at radius 3 is 2.12 bits per heavy atom. The Balaban J connectivity index is 4.62. The van der Waals surface area contributed by atoms with Crippen LogP contribution in [0.15, 0.2) is 5.16 Å². The minimum atomic E-state index is -0.843. The van der Waals surface area contributed by atoms with Crippen molar-refractivity contribution < 1.29 is 10.0 Å². The van der Waals surface area contributed by atoms with Crippen molar-refractivity contribution in [1.82, 2.24) is 10.6 Å². The third kappa shape index (κ3) is 4.37. The van der Waals surface area contributed by atoms with Crippen LogP contribution in [0.5, 0.6) is 0 Å². The highest BCUT2D eigenvalue weighted by molar-refractivity contribution is 5.93. The number of hydrogen-bond donors (Lipinski definition) is 4. The molecule has 0 saturated heterocycles. The average molecular weight is 230 g/mol. The number of rotatable bonds is 3. The zero-order chi connectivity index (χ0) is 13.0. The van der Waals surface area contributed by atoms with Crippen LogP contribution >= 0.6 is 0 Å². The molecule has 94 valence electrons. The van der Waals surface area contributed by atoms with Crippen LogP contribution < -0.4 is 16.4 Å². The van der Waals surface area contributed by atoms with E-state index in [1.165, 1.54) is 0 Å². The summed E-state index contributed by atoms with van der Waals surface area (Å²) in [6.07, 6.45) is 0.528. The lowest BCUT2D eigenvalue weighted by Gasteiger charge is -2.30. The molecule has 6 heteroatoms. The molecule has 0 spiro atoms. The van der Waals surface area contributed by atoms with Gasteiger partial charge in [-0.15, -0.1) is 0 Å². The van der Waals surface area contributed by atoms with Crippen molar-refractivity contribution in [2.75, 3.05) is 0 Å². The van der Waals surface area contributed by atoms with Gasteiger partial charge in [-0.1, -0.05) is 12.1 Å². The van der Waals surface area contributed by atoms with Gasteiger partial charge in [0, 0.05) is 5.54 Å². The minimum absolute atomic E-state index is 0.0148. The summed E-state index contributed by atoms with van der Waals surface area (Å²) < 4.78 is 0. The highest BCUT2D eigenvalue weighted by Crippen LogP contribution is 2.09. The smallest absolute Gasteiger partial charge is 0.315 e. The quantitative estimate of drug-likeness (QED) is 0.252. The Labute approximate surface area is 96.3 Å². The lowest BCUT2D eigenvalue weighted by molar-refractivity contribution is 0.224. The van der Waals surface area contributed by atoms with Crippen molar-refractivity contribution in [2.45, 2.75) is 52.1 Å². The van der Waals surface area contributed by atoms with Crippen molar-refractivity contribution >= 4 is 11.9 Å². The molecule has 0 aromatic rings. The fraction of sp³-hybridized carbons (Fsp3) is 0.800. The number of hydrogen-bond acceptors (Lipinski definition) is 3. The van der Waals surface area contributed by atoms with E-state index in [-0.39, 0.29) is 17.4 Å². The molecule has 1 unspecified atom stereocenters. The summed E-state index contributed by atoms with van der Waals surface area (Å²) in [7, 11) is 0. The van der Waals surface area contributed by atoms with Gasteiger partial charge in [-0.25, -0.2) is 4.79 Å². The van der Waals surface area contributed by atoms with Gasteiger partial charge in [0.15, 0.2) is 5.84 Å². The molecule has 0 aliphatic heterocycles. The molecule has 16 heavy (non-hydrogen) atoms. The Bertz CT molecular complexity index is 283. The second-order valence-corrected chi connectivity index (χ2v) is 5.00. The first-order valence-corrected chi connectivity index (χ1v) is 5.23. The van der Waals surface area contributed by atoms with Gasteiger partial charge >= 0.3 is 6.03 Å². The molecule has 2 amide bonds. The summed E-state index contributed by atoms with van der Waals surface area (Å²) in [4.78, 5) is 11.6. The van der Waals surface area contributed by atoms with Gasteiger partial charge in [-0.3, -0.25) is 0 Å². The maximum atomic E-state index is 11.6. The monoisotopic (exact) mass is 230 g/mol. The van der Waals surface area contributed by atoms with Gasteiger partial charge in [0.25, 0.3) is 0 Å². The van der Waals surface area contributed by atoms with Crippen LogP contribution in [0, 0.1) is 0 Å². The molecule has 0 radical (unpaired) electrons. The largest absolute Gasteiger partial charge is 0.409 e. The molecule has 0 fully saturated rings. The SMILES string of the molecule is CCC(C)(NC(=O)NC(C)(C)C)/C(N)=N/O. The van der Waals surface area contributed by atoms with Crippen molar-refractivity contribution in [3.63, 3.8) is 0 Å². The van der Waals surface area contributed by atoms with Gasteiger partial charge in [0.05, 0.1) is 5.54 Å². The van der Waals surface area contributed by atoms with Crippen LogP contribution in [0.1, 0.15) is 41.0 Å². The van der Waals surface area contributed by atoms with Crippen LogP contribution in [0.4, 0.5) is 4.79 Å². The lowest BCUT2D eigenvalue weighted by Crippen LogP contribution is -2.59. The molecule has 0 aromatic carbocycles. The van der Waals surface area contributed by atoms with E-state index in [2.05, 4.69) is 15.8 Å². The zero-order valence-corrected chi connectivity index (χ0v) is 10.6. The molecule has 0 saturated carbocycles. The number of nitrogens with one attached hydrogen (secondary N) is 2. The summed E-state index contributed by atoms with van der Waals surface area (Å²) in [5.74, 6) is -0.0148. The predicted molar refractivity (Wildman–Crippen MR) is 63.5 cm³/mol. The molecule has 0 aliphatic carbocycles. The van der Waals surface area contributed by atoms with Crippen LogP contribution in [0.2, 0.25) is 0 Å². The highest BCUT2D eigenvalue weighted by atomic mass is 16.4. The molecule has 0 heterocycles. The highest BCUT2D eigenvalue weighted by Gasteiger charge is 2.30. The first-order valence-electron chi connectivity index (χ1n) is 5.23. The van der Waals surface area contributed by atoms with Gasteiger partial charge in [-0.05, 0) is 34.1 Å². The van der Waals surface area contributed by atoms with Crippen LogP contribution in [-0.2, 0) is 0 Å². The Morgan fingerprint density at radius 1 is 1.31 bits per heavy atom. The number of carbonyl (C=O) groups is 1. The van der Waals surface area contributed by atoms with Gasteiger partial charge in [-0.2, -0.15) is 0 Å². The third-order valence-corrected chi connectivity index (χ3v) is 2.26. The number of oxime groups is 1. The fourth-order valence-electron chi connectivity index (χ4n) is 1.07. The van der Waals surface area contributed by atoms with E-state index in [4.69, 9.17) is 10.9 Å². The number of urea groups is 1. The topological polar surface area (TPSA) is 99.7 Å². The van der Waals surface area contributed by atoms with Gasteiger partial charge < -0.3 is 21.6 Å². The summed E-state index contributed by atoms with van der Waals surface area (Å²) in [6, 6.07) is -0.344. The standard InChI is InChI=1S/C10H22N4O2/c1-6-10(5,7(11)14-16)13-8(15)12-9(2,3)4/h16H,6H2,1-5H3,(H2,11,14)(H2,12,13,15). The van der Waals surface area contributed by atoms with E-state index in [1.54, 1.807) is 6.92 Å². The van der Waals surface area contributed by atoms with E-state index >= 15 is 0 Å². The average Bonchev–Trinajstić information content (AvgIpc) is 2.13. The summed E-state index contributed by atoms with van der Waals surface area (Å²) in [5.41, 5.74) is 4.36. The Hall–Kier alpha value is -1.46. The third-order valence-electron chi connectivity index (χ3n) is 2.26. The molecule has 0 aromatic heterocycles. The molecular weight excluding hydrogens is 208 g/mol. The molecule has 1 atom stereocenters. The van der Waals surface area contributed by atoms with E-state index < -0.39 is 5.54 Å². The molecule has 6 nitrogen and oxygen atoms in total. The minimum Gasteiger partial charge on any atom is -0.409 e. The maximum absolute atomic E-state index is 11.6. The van der Waals surface area contributed by atoms with E-state index in [0.717, 1.165) is 0 Å². The zero-order valence-electron chi connectivity index (χ0n) is 10.6. The Kier molecular flexibility index (Phi) is 4.59. The van der Waals surface area contributed by atoms with Gasteiger partial charge in [0.1, 0.15) is 0 Å². The first kappa shape index (κ1) is 14.5. The fourth-order valence-corrected chi connectivity index (χ4v) is 1.07. The normalized spacial score (nSPS) is 16.4. The summed E-state index contributed by atoms with van der Waals surface area (Å²) in [5, 5.41) is 17.0. The number of nitrogens with two attached hydrogens (primary N) is 1. The molecule has 0 rings (SSSR count). The van der Waals surface area contributed by atoms with E-state index in [9.17, 15) is 4.79 Å². The number of amidine groups is 1. The number of carbonyl (C=O) groups excluding carboxylic acids is 1. The molecular formula is C10H22N4O2. The molecule has 0 bridgehead atoms.